The molecule has 0 aliphatic carbocycles. The molecular weight excluding hydrogens is 316 g/mol. The fourth-order valence-corrected chi connectivity index (χ4v) is 2.31. The molecule has 0 unspecified atom stereocenters. The first-order valence-electron chi connectivity index (χ1n) is 6.77. The quantitative estimate of drug-likeness (QED) is 0.721. The van der Waals surface area contributed by atoms with Crippen LogP contribution in [0.15, 0.2) is 30.5 Å². The molecule has 1 aromatic heterocycles. The lowest BCUT2D eigenvalue weighted by Gasteiger charge is -2.06. The minimum atomic E-state index is -4.34. The van der Waals surface area contributed by atoms with Crippen molar-refractivity contribution in [2.75, 3.05) is 6.26 Å². The molecule has 0 N–H and O–H groups in total. The van der Waals surface area contributed by atoms with Crippen LogP contribution in [0.25, 0.3) is 11.3 Å². The molecule has 1 aromatic carbocycles. The summed E-state index contributed by atoms with van der Waals surface area (Å²) >= 11 is 1.56. The normalized spacial score (nSPS) is 11.0. The van der Waals surface area contributed by atoms with Gasteiger partial charge in [0.05, 0.1) is 5.69 Å². The number of rotatable bonds is 4. The van der Waals surface area contributed by atoms with Crippen LogP contribution in [0.1, 0.15) is 19.4 Å². The van der Waals surface area contributed by atoms with Crippen molar-refractivity contribution in [3.8, 4) is 11.3 Å². The second-order valence-electron chi connectivity index (χ2n) is 4.26. The molecular formula is C15H18F4N2S. The van der Waals surface area contributed by atoms with E-state index < -0.39 is 18.5 Å². The van der Waals surface area contributed by atoms with Gasteiger partial charge in [0.15, 0.2) is 0 Å². The summed E-state index contributed by atoms with van der Waals surface area (Å²) in [6.45, 7) is 2.82. The van der Waals surface area contributed by atoms with E-state index >= 15 is 0 Å². The Morgan fingerprint density at radius 1 is 1.18 bits per heavy atom. The lowest BCUT2D eigenvalue weighted by molar-refractivity contribution is -0.142. The number of aromatic nitrogens is 2. The van der Waals surface area contributed by atoms with Gasteiger partial charge in [0.25, 0.3) is 0 Å². The van der Waals surface area contributed by atoms with Crippen LogP contribution in [-0.2, 0) is 12.3 Å². The maximum atomic E-state index is 13.9. The summed E-state index contributed by atoms with van der Waals surface area (Å²) in [4.78, 5) is 0. The third-order valence-electron chi connectivity index (χ3n) is 2.60. The summed E-state index contributed by atoms with van der Waals surface area (Å²) < 4.78 is 51.4. The highest BCUT2D eigenvalue weighted by Crippen LogP contribution is 2.24. The molecule has 0 radical (unpaired) electrons. The van der Waals surface area contributed by atoms with E-state index in [1.807, 2.05) is 20.1 Å². The van der Waals surface area contributed by atoms with Crippen molar-refractivity contribution in [2.45, 2.75) is 32.3 Å². The SMILES string of the molecule is CC.CSCc1ccc(-c2ccn(CC(F)(F)F)n2)c(F)c1. The summed E-state index contributed by atoms with van der Waals surface area (Å²) in [7, 11) is 0. The van der Waals surface area contributed by atoms with Gasteiger partial charge in [-0.15, -0.1) is 0 Å². The number of alkyl halides is 3. The molecule has 0 aliphatic heterocycles. The molecule has 0 atom stereocenters. The third-order valence-corrected chi connectivity index (χ3v) is 3.22. The van der Waals surface area contributed by atoms with Crippen molar-refractivity contribution in [1.82, 2.24) is 9.78 Å². The van der Waals surface area contributed by atoms with E-state index in [2.05, 4.69) is 5.10 Å². The predicted octanol–water partition coefficient (Wildman–Crippen LogP) is 5.14. The molecule has 0 aliphatic rings. The Morgan fingerprint density at radius 3 is 2.41 bits per heavy atom. The number of thioether (sulfide) groups is 1. The van der Waals surface area contributed by atoms with Gasteiger partial charge < -0.3 is 0 Å². The summed E-state index contributed by atoms with van der Waals surface area (Å²) in [5.74, 6) is 0.202. The summed E-state index contributed by atoms with van der Waals surface area (Å²) in [5, 5.41) is 3.75. The van der Waals surface area contributed by atoms with Crippen LogP contribution in [0.5, 0.6) is 0 Å². The number of halogens is 4. The smallest absolute Gasteiger partial charge is 0.263 e. The van der Waals surface area contributed by atoms with Gasteiger partial charge in [-0.2, -0.15) is 30.0 Å². The van der Waals surface area contributed by atoms with E-state index in [4.69, 9.17) is 0 Å². The molecule has 122 valence electrons. The van der Waals surface area contributed by atoms with Crippen LogP contribution in [0.2, 0.25) is 0 Å². The van der Waals surface area contributed by atoms with E-state index in [0.29, 0.717) is 5.75 Å². The van der Waals surface area contributed by atoms with Crippen LogP contribution >= 0.6 is 11.8 Å². The predicted molar refractivity (Wildman–Crippen MR) is 82.2 cm³/mol. The molecule has 2 aromatic rings. The van der Waals surface area contributed by atoms with E-state index in [1.165, 1.54) is 18.3 Å². The average Bonchev–Trinajstić information content (AvgIpc) is 2.87. The van der Waals surface area contributed by atoms with Gasteiger partial charge in [-0.25, -0.2) is 4.39 Å². The molecule has 0 spiro atoms. The zero-order valence-electron chi connectivity index (χ0n) is 12.6. The molecule has 0 saturated heterocycles. The van der Waals surface area contributed by atoms with Gasteiger partial charge in [-0.3, -0.25) is 4.68 Å². The van der Waals surface area contributed by atoms with Crippen LogP contribution in [-0.4, -0.2) is 22.2 Å². The molecule has 2 nitrogen and oxygen atoms in total. The lowest BCUT2D eigenvalue weighted by atomic mass is 10.1. The second-order valence-corrected chi connectivity index (χ2v) is 5.13. The Hall–Kier alpha value is -1.50. The molecule has 7 heteroatoms. The topological polar surface area (TPSA) is 17.8 Å². The van der Waals surface area contributed by atoms with Crippen molar-refractivity contribution < 1.29 is 17.6 Å². The number of hydrogen-bond acceptors (Lipinski definition) is 2. The summed E-state index contributed by atoms with van der Waals surface area (Å²) in [6.07, 6.45) is -1.24. The fourth-order valence-electron chi connectivity index (χ4n) is 1.80. The van der Waals surface area contributed by atoms with E-state index in [1.54, 1.807) is 23.9 Å². The van der Waals surface area contributed by atoms with Crippen molar-refractivity contribution in [2.24, 2.45) is 0 Å². The minimum absolute atomic E-state index is 0.197. The van der Waals surface area contributed by atoms with E-state index in [-0.39, 0.29) is 11.3 Å². The van der Waals surface area contributed by atoms with Crippen LogP contribution < -0.4 is 0 Å². The number of hydrogen-bond donors (Lipinski definition) is 0. The zero-order chi connectivity index (χ0) is 16.8. The first kappa shape index (κ1) is 18.5. The Morgan fingerprint density at radius 2 is 1.86 bits per heavy atom. The average molecular weight is 334 g/mol. The molecule has 0 fully saturated rings. The largest absolute Gasteiger partial charge is 0.408 e. The summed E-state index contributed by atoms with van der Waals surface area (Å²) in [6, 6.07) is 6.05. The van der Waals surface area contributed by atoms with Crippen LogP contribution in [0.4, 0.5) is 17.6 Å². The highest BCUT2D eigenvalue weighted by Gasteiger charge is 2.28. The van der Waals surface area contributed by atoms with Crippen molar-refractivity contribution in [1.29, 1.82) is 0 Å². The standard InChI is InChI=1S/C13H12F4N2S.C2H6/c1-20-7-9-2-3-10(11(14)6-9)12-4-5-19(18-12)8-13(15,16)17;1-2/h2-6H,7-8H2,1H3;1-2H3. The molecule has 0 saturated carbocycles. The fraction of sp³-hybridized carbons (Fsp3) is 0.400. The van der Waals surface area contributed by atoms with E-state index in [0.717, 1.165) is 10.2 Å². The Labute approximate surface area is 131 Å². The number of benzene rings is 1. The molecule has 0 bridgehead atoms. The van der Waals surface area contributed by atoms with Gasteiger partial charge in [0.1, 0.15) is 12.4 Å². The molecule has 1 heterocycles. The van der Waals surface area contributed by atoms with Crippen molar-refractivity contribution in [3.63, 3.8) is 0 Å². The monoisotopic (exact) mass is 334 g/mol. The third kappa shape index (κ3) is 5.36. The first-order chi connectivity index (χ1) is 10.4. The molecule has 2 rings (SSSR count). The Kier molecular flexibility index (Phi) is 6.93. The maximum Gasteiger partial charge on any atom is 0.408 e. The van der Waals surface area contributed by atoms with Crippen LogP contribution in [0.3, 0.4) is 0 Å². The Bertz CT molecular complexity index is 593. The van der Waals surface area contributed by atoms with Gasteiger partial charge in [-0.05, 0) is 30.0 Å². The highest BCUT2D eigenvalue weighted by molar-refractivity contribution is 7.97. The highest BCUT2D eigenvalue weighted by atomic mass is 32.2. The first-order valence-corrected chi connectivity index (χ1v) is 8.16. The second kappa shape index (κ2) is 8.22. The number of nitrogens with zero attached hydrogens (tertiary/aromatic N) is 2. The summed E-state index contributed by atoms with van der Waals surface area (Å²) in [5.41, 5.74) is 1.23. The maximum absolute atomic E-state index is 13.9. The van der Waals surface area contributed by atoms with Gasteiger partial charge in [-0.1, -0.05) is 19.9 Å². The minimum Gasteiger partial charge on any atom is -0.263 e. The van der Waals surface area contributed by atoms with E-state index in [9.17, 15) is 17.6 Å². The Balaban J connectivity index is 0.00000116. The van der Waals surface area contributed by atoms with Gasteiger partial charge in [0.2, 0.25) is 0 Å². The van der Waals surface area contributed by atoms with Crippen molar-refractivity contribution >= 4 is 11.8 Å². The van der Waals surface area contributed by atoms with Gasteiger partial charge >= 0.3 is 6.18 Å². The van der Waals surface area contributed by atoms with Gasteiger partial charge in [0, 0.05) is 17.5 Å². The zero-order valence-corrected chi connectivity index (χ0v) is 13.4. The lowest BCUT2D eigenvalue weighted by Crippen LogP contribution is -2.17. The molecule has 0 amide bonds. The van der Waals surface area contributed by atoms with Crippen molar-refractivity contribution in [3.05, 3.63) is 41.8 Å². The van der Waals surface area contributed by atoms with Crippen LogP contribution in [0, 0.1) is 5.82 Å². The molecule has 22 heavy (non-hydrogen) atoms.